The number of rotatable bonds is 3. The maximum Gasteiger partial charge on any atom is 0.231 e. The normalized spacial score (nSPS) is 16.9. The molecule has 0 N–H and O–H groups in total. The fourth-order valence-electron chi connectivity index (χ4n) is 3.86. The number of ether oxygens (including phenoxy) is 2. The van der Waals surface area contributed by atoms with Gasteiger partial charge in [-0.1, -0.05) is 54.6 Å². The van der Waals surface area contributed by atoms with Crippen LogP contribution in [0.2, 0.25) is 0 Å². The lowest BCUT2D eigenvalue weighted by Crippen LogP contribution is -2.37. The van der Waals surface area contributed by atoms with Crippen LogP contribution in [0.15, 0.2) is 72.5 Å². The number of fused-ring (bicyclic) bond motifs is 3. The quantitative estimate of drug-likeness (QED) is 0.545. The molecule has 0 aromatic heterocycles. The molecule has 30 heavy (non-hydrogen) atoms. The van der Waals surface area contributed by atoms with Crippen LogP contribution in [0.25, 0.3) is 17.2 Å². The third kappa shape index (κ3) is 3.29. The molecule has 2 heterocycles. The lowest BCUT2D eigenvalue weighted by molar-refractivity contribution is 0.0674. The summed E-state index contributed by atoms with van der Waals surface area (Å²) < 4.78 is 12.0. The average molecular weight is 397 g/mol. The molecular formula is C26H23NO3. The third-order valence-electron chi connectivity index (χ3n) is 5.69. The number of benzene rings is 3. The predicted molar refractivity (Wildman–Crippen MR) is 117 cm³/mol. The molecule has 0 radical (unpaired) electrons. The van der Waals surface area contributed by atoms with E-state index in [2.05, 4.69) is 43.0 Å². The lowest BCUT2D eigenvalue weighted by atomic mass is 10.0. The monoisotopic (exact) mass is 397 g/mol. The molecule has 0 unspecified atom stereocenters. The van der Waals surface area contributed by atoms with Gasteiger partial charge >= 0.3 is 0 Å². The van der Waals surface area contributed by atoms with Crippen molar-refractivity contribution in [2.24, 2.45) is 0 Å². The summed E-state index contributed by atoms with van der Waals surface area (Å²) in [6.07, 6.45) is 1.81. The van der Waals surface area contributed by atoms with Gasteiger partial charge in [-0.3, -0.25) is 9.69 Å². The van der Waals surface area contributed by atoms with E-state index >= 15 is 0 Å². The van der Waals surface area contributed by atoms with Gasteiger partial charge in [-0.25, -0.2) is 0 Å². The Kier molecular flexibility index (Phi) is 4.64. The van der Waals surface area contributed by atoms with E-state index in [1.54, 1.807) is 6.07 Å². The first-order valence-corrected chi connectivity index (χ1v) is 10.2. The van der Waals surface area contributed by atoms with Gasteiger partial charge in [0.1, 0.15) is 18.2 Å². The van der Waals surface area contributed by atoms with Gasteiger partial charge in [0.05, 0.1) is 11.1 Å². The van der Waals surface area contributed by atoms with Crippen LogP contribution in [0.1, 0.15) is 35.3 Å². The number of allylic oxidation sites excluding steroid dienone is 1. The molecule has 0 saturated carbocycles. The van der Waals surface area contributed by atoms with Gasteiger partial charge in [0.2, 0.25) is 5.78 Å². The minimum absolute atomic E-state index is 0.0818. The molecule has 0 aliphatic carbocycles. The first-order valence-electron chi connectivity index (χ1n) is 10.2. The largest absolute Gasteiger partial charge is 0.478 e. The molecule has 0 fully saturated rings. The molecule has 150 valence electrons. The molecule has 5 rings (SSSR count). The fourth-order valence-corrected chi connectivity index (χ4v) is 3.86. The SMILES string of the molecule is CC(C)N1COc2ccc3c(c2C1)O/C(=C\c1ccc(-c2ccccc2)cc1)C3=O. The Balaban J connectivity index is 1.43. The summed E-state index contributed by atoms with van der Waals surface area (Å²) in [6.45, 7) is 5.53. The summed E-state index contributed by atoms with van der Waals surface area (Å²) >= 11 is 0. The zero-order valence-corrected chi connectivity index (χ0v) is 17.1. The molecular weight excluding hydrogens is 374 g/mol. The molecule has 0 saturated heterocycles. The van der Waals surface area contributed by atoms with Crippen molar-refractivity contribution in [1.29, 1.82) is 0 Å². The number of hydrogen-bond acceptors (Lipinski definition) is 4. The molecule has 0 bridgehead atoms. The Labute approximate surface area is 176 Å². The third-order valence-corrected chi connectivity index (χ3v) is 5.69. The van der Waals surface area contributed by atoms with Crippen LogP contribution >= 0.6 is 0 Å². The number of Topliss-reactive ketones (excluding diaryl/α,β-unsaturated/α-hetero) is 1. The van der Waals surface area contributed by atoms with Crippen LogP contribution in [0, 0.1) is 0 Å². The Bertz CT molecular complexity index is 1130. The number of carbonyl (C=O) groups excluding carboxylic acids is 1. The topological polar surface area (TPSA) is 38.8 Å². The second-order valence-corrected chi connectivity index (χ2v) is 7.96. The van der Waals surface area contributed by atoms with E-state index in [0.717, 1.165) is 22.4 Å². The van der Waals surface area contributed by atoms with Crippen LogP contribution < -0.4 is 9.47 Å². The Morgan fingerprint density at radius 1 is 0.933 bits per heavy atom. The van der Waals surface area contributed by atoms with Crippen LogP contribution in [0.4, 0.5) is 0 Å². The van der Waals surface area contributed by atoms with Crippen LogP contribution in [-0.4, -0.2) is 23.5 Å². The Morgan fingerprint density at radius 3 is 2.40 bits per heavy atom. The minimum atomic E-state index is -0.0818. The molecule has 0 atom stereocenters. The second kappa shape index (κ2) is 7.47. The van der Waals surface area contributed by atoms with E-state index < -0.39 is 0 Å². The van der Waals surface area contributed by atoms with Crippen molar-refractivity contribution in [1.82, 2.24) is 4.90 Å². The van der Waals surface area contributed by atoms with Crippen molar-refractivity contribution in [2.75, 3.05) is 6.73 Å². The molecule has 3 aromatic rings. The highest BCUT2D eigenvalue weighted by Gasteiger charge is 2.33. The molecule has 2 aliphatic heterocycles. The fraction of sp³-hybridized carbons (Fsp3) is 0.192. The summed E-state index contributed by atoms with van der Waals surface area (Å²) in [5.74, 6) is 1.70. The molecule has 0 spiro atoms. The summed E-state index contributed by atoms with van der Waals surface area (Å²) in [5.41, 5.74) is 4.79. The van der Waals surface area contributed by atoms with Crippen molar-refractivity contribution < 1.29 is 14.3 Å². The minimum Gasteiger partial charge on any atom is -0.478 e. The van der Waals surface area contributed by atoms with E-state index in [-0.39, 0.29) is 5.78 Å². The number of hydrogen-bond donors (Lipinski definition) is 0. The van der Waals surface area contributed by atoms with E-state index in [4.69, 9.17) is 9.47 Å². The van der Waals surface area contributed by atoms with Gasteiger partial charge in [0.15, 0.2) is 5.76 Å². The zero-order chi connectivity index (χ0) is 20.7. The van der Waals surface area contributed by atoms with E-state index in [9.17, 15) is 4.79 Å². The van der Waals surface area contributed by atoms with Crippen molar-refractivity contribution in [2.45, 2.75) is 26.4 Å². The van der Waals surface area contributed by atoms with Crippen LogP contribution in [0.5, 0.6) is 11.5 Å². The Morgan fingerprint density at radius 2 is 1.67 bits per heavy atom. The maximum absolute atomic E-state index is 12.9. The molecule has 4 nitrogen and oxygen atoms in total. The lowest BCUT2D eigenvalue weighted by Gasteiger charge is -2.32. The van der Waals surface area contributed by atoms with Crippen molar-refractivity contribution >= 4 is 11.9 Å². The van der Waals surface area contributed by atoms with E-state index in [0.29, 0.717) is 36.4 Å². The number of carbonyl (C=O) groups is 1. The molecule has 0 amide bonds. The van der Waals surface area contributed by atoms with Gasteiger partial charge in [0, 0.05) is 12.6 Å². The van der Waals surface area contributed by atoms with Gasteiger partial charge in [0.25, 0.3) is 0 Å². The predicted octanol–water partition coefficient (Wildman–Crippen LogP) is 5.53. The number of nitrogens with zero attached hydrogens (tertiary/aromatic N) is 1. The standard InChI is InChI=1S/C26H23NO3/c1-17(2)27-15-22-23(29-16-27)13-12-21-25(28)24(30-26(21)22)14-18-8-10-20(11-9-18)19-6-4-3-5-7-19/h3-14,17H,15-16H2,1-2H3/b24-14-. The molecule has 4 heteroatoms. The second-order valence-electron chi connectivity index (χ2n) is 7.96. The van der Waals surface area contributed by atoms with Gasteiger partial charge in [-0.05, 0) is 48.7 Å². The van der Waals surface area contributed by atoms with Crippen molar-refractivity contribution in [3.8, 4) is 22.6 Å². The zero-order valence-electron chi connectivity index (χ0n) is 17.1. The van der Waals surface area contributed by atoms with Crippen LogP contribution in [0.3, 0.4) is 0 Å². The summed E-state index contributed by atoms with van der Waals surface area (Å²) in [6, 6.07) is 22.4. The van der Waals surface area contributed by atoms with E-state index in [1.807, 2.05) is 42.5 Å². The van der Waals surface area contributed by atoms with Gasteiger partial charge < -0.3 is 9.47 Å². The Hall–Kier alpha value is -3.37. The summed E-state index contributed by atoms with van der Waals surface area (Å²) in [5, 5.41) is 0. The highest BCUT2D eigenvalue weighted by Crippen LogP contribution is 2.42. The first kappa shape index (κ1) is 18.6. The number of ketones is 1. The highest BCUT2D eigenvalue weighted by atomic mass is 16.5. The van der Waals surface area contributed by atoms with Gasteiger partial charge in [-0.15, -0.1) is 0 Å². The van der Waals surface area contributed by atoms with Gasteiger partial charge in [-0.2, -0.15) is 0 Å². The molecule has 2 aliphatic rings. The average Bonchev–Trinajstić information content (AvgIpc) is 3.10. The maximum atomic E-state index is 12.9. The summed E-state index contributed by atoms with van der Waals surface area (Å²) in [4.78, 5) is 15.2. The molecule has 3 aromatic carbocycles. The first-order chi connectivity index (χ1) is 14.6. The van der Waals surface area contributed by atoms with Crippen molar-refractivity contribution in [3.63, 3.8) is 0 Å². The summed E-state index contributed by atoms with van der Waals surface area (Å²) in [7, 11) is 0. The van der Waals surface area contributed by atoms with Crippen molar-refractivity contribution in [3.05, 3.63) is 89.2 Å². The smallest absolute Gasteiger partial charge is 0.231 e. The van der Waals surface area contributed by atoms with E-state index in [1.165, 1.54) is 5.56 Å². The van der Waals surface area contributed by atoms with Crippen LogP contribution in [-0.2, 0) is 6.54 Å². The highest BCUT2D eigenvalue weighted by molar-refractivity contribution is 6.15.